The van der Waals surface area contributed by atoms with Crippen molar-refractivity contribution in [3.8, 4) is 0 Å². The molecule has 2 nitrogen and oxygen atoms in total. The maximum absolute atomic E-state index is 13.9. The first kappa shape index (κ1) is 13.7. The van der Waals surface area contributed by atoms with Crippen molar-refractivity contribution in [2.45, 2.75) is 30.5 Å². The number of allylic oxidation sites excluding steroid dienone is 1. The molecule has 3 atom stereocenters. The average molecular weight is 256 g/mol. The zero-order valence-electron chi connectivity index (χ0n) is 8.72. The Morgan fingerprint density at radius 2 is 1.94 bits per heavy atom. The summed E-state index contributed by atoms with van der Waals surface area (Å²) in [6, 6.07) is 0. The molecule has 0 aromatic rings. The molecule has 0 aromatic heterocycles. The van der Waals surface area contributed by atoms with Crippen LogP contribution < -0.4 is 0 Å². The number of hydrogen-bond donors (Lipinski definition) is 0. The van der Waals surface area contributed by atoms with Gasteiger partial charge in [-0.15, -0.1) is 0 Å². The summed E-state index contributed by atoms with van der Waals surface area (Å²) in [5.41, 5.74) is -4.02. The van der Waals surface area contributed by atoms with Crippen LogP contribution in [0.2, 0.25) is 0 Å². The first-order chi connectivity index (χ1) is 7.58. The molecule has 0 amide bonds. The fourth-order valence-corrected chi connectivity index (χ4v) is 1.29. The lowest BCUT2D eigenvalue weighted by Gasteiger charge is -2.42. The van der Waals surface area contributed by atoms with Gasteiger partial charge >= 0.3 is 17.7 Å². The van der Waals surface area contributed by atoms with Gasteiger partial charge in [0.05, 0.1) is 0 Å². The Morgan fingerprint density at radius 1 is 1.41 bits per heavy atom. The van der Waals surface area contributed by atoms with Gasteiger partial charge in [-0.3, -0.25) is 0 Å². The lowest BCUT2D eigenvalue weighted by molar-refractivity contribution is -0.276. The van der Waals surface area contributed by atoms with Crippen LogP contribution in [0, 0.1) is 0 Å². The Bertz CT molecular complexity index is 377. The first-order valence-corrected chi connectivity index (χ1v) is 4.53. The van der Waals surface area contributed by atoms with Gasteiger partial charge in [-0.2, -0.15) is 13.2 Å². The predicted octanol–water partition coefficient (Wildman–Crippen LogP) is 2.65. The molecular weight excluding hydrogens is 247 g/mol. The normalized spacial score (nSPS) is 39.8. The molecule has 0 bridgehead atoms. The summed E-state index contributed by atoms with van der Waals surface area (Å²) in [4.78, 5) is 10.7. The second-order valence-electron chi connectivity index (χ2n) is 3.66. The summed E-state index contributed by atoms with van der Waals surface area (Å²) in [6.07, 6.45) is -2.29. The molecule has 0 fully saturated rings. The molecule has 0 radical (unpaired) electrons. The van der Waals surface area contributed by atoms with E-state index in [-0.39, 0.29) is 19.1 Å². The van der Waals surface area contributed by atoms with Crippen molar-refractivity contribution < 1.29 is 31.5 Å². The molecule has 0 N–H and O–H groups in total. The SMILES string of the molecule is C=CC(=O)OC1(F)C=CC(F)C(F)(F)C1(C)F. The molecule has 0 aromatic carbocycles. The molecule has 0 heterocycles. The number of esters is 1. The van der Waals surface area contributed by atoms with Crippen molar-refractivity contribution in [1.82, 2.24) is 0 Å². The van der Waals surface area contributed by atoms with E-state index >= 15 is 0 Å². The summed E-state index contributed by atoms with van der Waals surface area (Å²) in [5.74, 6) is -9.84. The molecule has 1 rings (SSSR count). The van der Waals surface area contributed by atoms with Gasteiger partial charge in [-0.25, -0.2) is 13.6 Å². The van der Waals surface area contributed by atoms with Crippen LogP contribution in [-0.4, -0.2) is 29.6 Å². The highest BCUT2D eigenvalue weighted by Gasteiger charge is 2.71. The van der Waals surface area contributed by atoms with Crippen molar-refractivity contribution in [3.05, 3.63) is 24.8 Å². The Kier molecular flexibility index (Phi) is 3.07. The van der Waals surface area contributed by atoms with Crippen molar-refractivity contribution >= 4 is 5.97 Å². The Balaban J connectivity index is 3.21. The number of hydrogen-bond acceptors (Lipinski definition) is 2. The lowest BCUT2D eigenvalue weighted by Crippen LogP contribution is -2.63. The van der Waals surface area contributed by atoms with E-state index in [4.69, 9.17) is 0 Å². The third kappa shape index (κ3) is 1.83. The number of rotatable bonds is 2. The molecule has 3 unspecified atom stereocenters. The van der Waals surface area contributed by atoms with Gasteiger partial charge in [0.1, 0.15) is 0 Å². The minimum Gasteiger partial charge on any atom is -0.418 e. The van der Waals surface area contributed by atoms with Crippen LogP contribution in [0.25, 0.3) is 0 Å². The monoisotopic (exact) mass is 256 g/mol. The Hall–Kier alpha value is -1.40. The number of alkyl halides is 5. The van der Waals surface area contributed by atoms with Crippen LogP contribution in [0.15, 0.2) is 24.8 Å². The summed E-state index contributed by atoms with van der Waals surface area (Å²) in [5, 5.41) is 0. The van der Waals surface area contributed by atoms with E-state index in [1.807, 2.05) is 0 Å². The van der Waals surface area contributed by atoms with Crippen LogP contribution in [0.1, 0.15) is 6.92 Å². The zero-order chi connectivity index (χ0) is 13.5. The van der Waals surface area contributed by atoms with E-state index in [2.05, 4.69) is 11.3 Å². The van der Waals surface area contributed by atoms with Crippen LogP contribution in [0.3, 0.4) is 0 Å². The standard InChI is InChI=1S/C10H9F5O2/c1-3-7(16)17-9(13)5-4-6(11)10(14,15)8(9,2)12/h3-6H,1H2,2H3. The van der Waals surface area contributed by atoms with Crippen LogP contribution in [0.4, 0.5) is 22.0 Å². The van der Waals surface area contributed by atoms with Gasteiger partial charge in [-0.1, -0.05) is 6.58 Å². The van der Waals surface area contributed by atoms with E-state index in [1.165, 1.54) is 0 Å². The highest BCUT2D eigenvalue weighted by atomic mass is 19.3. The number of carbonyl (C=O) groups excluding carboxylic acids is 1. The summed E-state index contributed by atoms with van der Waals surface area (Å²) < 4.78 is 70.6. The van der Waals surface area contributed by atoms with Gasteiger partial charge < -0.3 is 4.74 Å². The molecule has 17 heavy (non-hydrogen) atoms. The maximum Gasteiger partial charge on any atom is 0.333 e. The first-order valence-electron chi connectivity index (χ1n) is 4.53. The molecule has 0 saturated heterocycles. The van der Waals surface area contributed by atoms with Crippen LogP contribution in [-0.2, 0) is 9.53 Å². The highest BCUT2D eigenvalue weighted by Crippen LogP contribution is 2.50. The fourth-order valence-electron chi connectivity index (χ4n) is 1.29. The molecule has 0 aliphatic heterocycles. The minimum atomic E-state index is -4.65. The number of halogens is 5. The Labute approximate surface area is 93.7 Å². The third-order valence-electron chi connectivity index (χ3n) is 2.51. The molecule has 1 aliphatic rings. The second kappa shape index (κ2) is 3.82. The van der Waals surface area contributed by atoms with Crippen molar-refractivity contribution in [3.63, 3.8) is 0 Å². The maximum atomic E-state index is 13.9. The average Bonchev–Trinajstić information content (AvgIpc) is 2.23. The van der Waals surface area contributed by atoms with Gasteiger partial charge in [0.15, 0.2) is 6.17 Å². The van der Waals surface area contributed by atoms with E-state index < -0.39 is 29.6 Å². The lowest BCUT2D eigenvalue weighted by atomic mass is 9.83. The minimum absolute atomic E-state index is 0.109. The van der Waals surface area contributed by atoms with Crippen LogP contribution >= 0.6 is 0 Å². The van der Waals surface area contributed by atoms with Gasteiger partial charge in [0, 0.05) is 6.08 Å². The molecule has 7 heteroatoms. The summed E-state index contributed by atoms with van der Waals surface area (Å²) in [6.45, 7) is 3.03. The second-order valence-corrected chi connectivity index (χ2v) is 3.66. The molecule has 1 aliphatic carbocycles. The van der Waals surface area contributed by atoms with Crippen molar-refractivity contribution in [2.75, 3.05) is 0 Å². The zero-order valence-corrected chi connectivity index (χ0v) is 8.72. The van der Waals surface area contributed by atoms with E-state index in [0.717, 1.165) is 0 Å². The van der Waals surface area contributed by atoms with E-state index in [1.54, 1.807) is 0 Å². The van der Waals surface area contributed by atoms with E-state index in [0.29, 0.717) is 6.08 Å². The van der Waals surface area contributed by atoms with Crippen molar-refractivity contribution in [1.29, 1.82) is 0 Å². The topological polar surface area (TPSA) is 26.3 Å². The molecule has 0 spiro atoms. The summed E-state index contributed by atoms with van der Waals surface area (Å²) in [7, 11) is 0. The largest absolute Gasteiger partial charge is 0.418 e. The van der Waals surface area contributed by atoms with E-state index in [9.17, 15) is 26.7 Å². The highest BCUT2D eigenvalue weighted by molar-refractivity contribution is 5.81. The Morgan fingerprint density at radius 3 is 2.41 bits per heavy atom. The molecule has 96 valence electrons. The number of ether oxygens (including phenoxy) is 1. The number of carbonyl (C=O) groups is 1. The molecule has 0 saturated carbocycles. The van der Waals surface area contributed by atoms with Gasteiger partial charge in [0.2, 0.25) is 5.67 Å². The third-order valence-corrected chi connectivity index (χ3v) is 2.51. The predicted molar refractivity (Wildman–Crippen MR) is 48.6 cm³/mol. The summed E-state index contributed by atoms with van der Waals surface area (Å²) >= 11 is 0. The fraction of sp³-hybridized carbons (Fsp3) is 0.500. The quantitative estimate of drug-likeness (QED) is 0.328. The van der Waals surface area contributed by atoms with Gasteiger partial charge in [0.25, 0.3) is 0 Å². The smallest absolute Gasteiger partial charge is 0.333 e. The molecular formula is C10H9F5O2. The van der Waals surface area contributed by atoms with Crippen LogP contribution in [0.5, 0.6) is 0 Å². The van der Waals surface area contributed by atoms with Crippen molar-refractivity contribution in [2.24, 2.45) is 0 Å². The van der Waals surface area contributed by atoms with Gasteiger partial charge in [-0.05, 0) is 19.1 Å².